The lowest BCUT2D eigenvalue weighted by molar-refractivity contribution is -0.140. The molecule has 0 fully saturated rings. The molecule has 1 aliphatic carbocycles. The first-order valence-electron chi connectivity index (χ1n) is 9.98. The lowest BCUT2D eigenvalue weighted by Crippen LogP contribution is -2.38. The van der Waals surface area contributed by atoms with E-state index in [1.54, 1.807) is 19.1 Å². The normalized spacial score (nSPS) is 21.0. The van der Waals surface area contributed by atoms with Crippen LogP contribution in [0.1, 0.15) is 52.0 Å². The van der Waals surface area contributed by atoms with Crippen LogP contribution in [-0.4, -0.2) is 31.6 Å². The molecule has 0 saturated heterocycles. The van der Waals surface area contributed by atoms with Gasteiger partial charge in [-0.05, 0) is 43.4 Å². The Kier molecular flexibility index (Phi) is 6.22. The quantitative estimate of drug-likeness (QED) is 0.576. The molecule has 1 N–H and O–H groups in total. The van der Waals surface area contributed by atoms with E-state index in [2.05, 4.69) is 5.32 Å². The fraction of sp³-hybridized carbons (Fsp3) is 0.478. The monoisotopic (exact) mass is 401 g/mol. The molecule has 3 rings (SSSR count). The predicted molar refractivity (Wildman–Crippen MR) is 107 cm³/mol. The first-order chi connectivity index (χ1) is 13.7. The van der Waals surface area contributed by atoms with Gasteiger partial charge in [0.25, 0.3) is 0 Å². The molecule has 1 aliphatic heterocycles. The molecule has 0 aromatic heterocycles. The van der Waals surface area contributed by atoms with Crippen LogP contribution >= 0.6 is 0 Å². The van der Waals surface area contributed by atoms with Crippen LogP contribution in [0.5, 0.6) is 0 Å². The van der Waals surface area contributed by atoms with Crippen molar-refractivity contribution in [3.63, 3.8) is 0 Å². The Morgan fingerprint density at radius 1 is 1.28 bits per heavy atom. The van der Waals surface area contributed by atoms with Gasteiger partial charge in [0, 0.05) is 35.9 Å². The minimum atomic E-state index is -0.648. The van der Waals surface area contributed by atoms with Crippen molar-refractivity contribution in [2.45, 2.75) is 46.5 Å². The Hall–Kier alpha value is -2.47. The van der Waals surface area contributed by atoms with Gasteiger partial charge < -0.3 is 14.8 Å². The van der Waals surface area contributed by atoms with E-state index < -0.39 is 17.7 Å². The van der Waals surface area contributed by atoms with Crippen molar-refractivity contribution in [1.29, 1.82) is 0 Å². The number of dihydropyridines is 1. The van der Waals surface area contributed by atoms with Crippen molar-refractivity contribution in [1.82, 2.24) is 5.32 Å². The molecule has 1 aromatic rings. The molecular formula is C23H28FNO4. The van der Waals surface area contributed by atoms with Crippen LogP contribution in [0.2, 0.25) is 0 Å². The van der Waals surface area contributed by atoms with Gasteiger partial charge in [0.2, 0.25) is 0 Å². The molecule has 0 amide bonds. The van der Waals surface area contributed by atoms with Gasteiger partial charge in [-0.3, -0.25) is 4.79 Å². The summed E-state index contributed by atoms with van der Waals surface area (Å²) in [4.78, 5) is 26.0. The van der Waals surface area contributed by atoms with Crippen LogP contribution in [-0.2, 0) is 19.1 Å². The molecule has 6 heteroatoms. The fourth-order valence-corrected chi connectivity index (χ4v) is 4.14. The Bertz CT molecular complexity index is 885. The molecule has 5 nitrogen and oxygen atoms in total. The van der Waals surface area contributed by atoms with Crippen molar-refractivity contribution in [2.75, 3.05) is 19.8 Å². The smallest absolute Gasteiger partial charge is 0.336 e. The van der Waals surface area contributed by atoms with Gasteiger partial charge in [-0.25, -0.2) is 9.18 Å². The number of carbonyl (C=O) groups excluding carboxylic acids is 2. The summed E-state index contributed by atoms with van der Waals surface area (Å²) in [5.41, 5.74) is 2.72. The summed E-state index contributed by atoms with van der Waals surface area (Å²) < 4.78 is 24.6. The van der Waals surface area contributed by atoms with Gasteiger partial charge >= 0.3 is 5.97 Å². The highest BCUT2D eigenvalue weighted by atomic mass is 19.1. The summed E-state index contributed by atoms with van der Waals surface area (Å²) >= 11 is 0. The summed E-state index contributed by atoms with van der Waals surface area (Å²) in [6.07, 6.45) is 1.06. The van der Waals surface area contributed by atoms with Crippen LogP contribution in [0.25, 0.3) is 0 Å². The number of nitrogens with one attached hydrogen (secondary N) is 1. The molecule has 2 aliphatic rings. The second-order valence-corrected chi connectivity index (χ2v) is 8.32. The van der Waals surface area contributed by atoms with Crippen LogP contribution in [0, 0.1) is 11.2 Å². The molecule has 0 saturated carbocycles. The third kappa shape index (κ3) is 4.58. The molecule has 1 atom stereocenters. The standard InChI is InChI=1S/C23H28FNO4/c1-5-28-9-10-29-22(27)19-14(2)25-17-12-23(3,4)13-18(26)21(17)20(19)15-7-6-8-16(24)11-15/h6-8,11,20,25H,5,9-10,12-13H2,1-4H3/t20-/m1/s1. The minimum absolute atomic E-state index is 0.0230. The lowest BCUT2D eigenvalue weighted by atomic mass is 9.68. The van der Waals surface area contributed by atoms with Gasteiger partial charge in [-0.1, -0.05) is 26.0 Å². The third-order valence-corrected chi connectivity index (χ3v) is 5.31. The molecule has 0 spiro atoms. The van der Waals surface area contributed by atoms with E-state index in [9.17, 15) is 14.0 Å². The molecule has 29 heavy (non-hydrogen) atoms. The van der Waals surface area contributed by atoms with Crippen molar-refractivity contribution in [2.24, 2.45) is 5.41 Å². The van der Waals surface area contributed by atoms with Gasteiger partial charge in [0.1, 0.15) is 12.4 Å². The summed E-state index contributed by atoms with van der Waals surface area (Å²) in [6, 6.07) is 6.08. The number of hydrogen-bond acceptors (Lipinski definition) is 5. The second-order valence-electron chi connectivity index (χ2n) is 8.32. The van der Waals surface area contributed by atoms with Crippen LogP contribution in [0.15, 0.2) is 46.8 Å². The SMILES string of the molecule is CCOCCOC(=O)C1=C(C)NC2=C(C(=O)CC(C)(C)C2)[C@@H]1c1cccc(F)c1. The first-order valence-corrected chi connectivity index (χ1v) is 9.98. The zero-order valence-electron chi connectivity index (χ0n) is 17.4. The average molecular weight is 401 g/mol. The van der Waals surface area contributed by atoms with Gasteiger partial charge in [0.05, 0.1) is 12.2 Å². The molecule has 1 aromatic carbocycles. The number of allylic oxidation sites excluding steroid dienone is 3. The van der Waals surface area contributed by atoms with Crippen molar-refractivity contribution in [3.8, 4) is 0 Å². The van der Waals surface area contributed by atoms with Crippen LogP contribution in [0.3, 0.4) is 0 Å². The minimum Gasteiger partial charge on any atom is -0.460 e. The number of hydrogen-bond donors (Lipinski definition) is 1. The molecule has 156 valence electrons. The zero-order chi connectivity index (χ0) is 21.2. The van der Waals surface area contributed by atoms with E-state index in [-0.39, 0.29) is 17.8 Å². The Balaban J connectivity index is 2.03. The number of ketones is 1. The number of Topliss-reactive ketones (excluding diaryl/α,β-unsaturated/α-hetero) is 1. The highest BCUT2D eigenvalue weighted by Gasteiger charge is 2.43. The van der Waals surface area contributed by atoms with Crippen LogP contribution in [0.4, 0.5) is 4.39 Å². The zero-order valence-corrected chi connectivity index (χ0v) is 17.4. The highest BCUT2D eigenvalue weighted by Crippen LogP contribution is 2.46. The fourth-order valence-electron chi connectivity index (χ4n) is 4.14. The predicted octanol–water partition coefficient (Wildman–Crippen LogP) is 4.01. The van der Waals surface area contributed by atoms with Crippen molar-refractivity contribution < 1.29 is 23.5 Å². The molecule has 0 radical (unpaired) electrons. The van der Waals surface area contributed by atoms with E-state index in [1.807, 2.05) is 20.8 Å². The van der Waals surface area contributed by atoms with Crippen molar-refractivity contribution >= 4 is 11.8 Å². The Morgan fingerprint density at radius 3 is 2.72 bits per heavy atom. The van der Waals surface area contributed by atoms with E-state index in [1.165, 1.54) is 12.1 Å². The topological polar surface area (TPSA) is 64.6 Å². The van der Waals surface area contributed by atoms with Gasteiger partial charge in [-0.15, -0.1) is 0 Å². The van der Waals surface area contributed by atoms with Crippen molar-refractivity contribution in [3.05, 3.63) is 58.2 Å². The maximum absolute atomic E-state index is 14.0. The maximum Gasteiger partial charge on any atom is 0.336 e. The molecule has 0 unspecified atom stereocenters. The maximum atomic E-state index is 14.0. The summed E-state index contributed by atoms with van der Waals surface area (Å²) in [5.74, 6) is -1.60. The summed E-state index contributed by atoms with van der Waals surface area (Å²) in [6.45, 7) is 8.70. The number of esters is 1. The number of halogens is 1. The van der Waals surface area contributed by atoms with Gasteiger partial charge in [0.15, 0.2) is 5.78 Å². The van der Waals surface area contributed by atoms with E-state index in [0.29, 0.717) is 48.5 Å². The third-order valence-electron chi connectivity index (χ3n) is 5.31. The number of benzene rings is 1. The first kappa shape index (κ1) is 21.2. The summed E-state index contributed by atoms with van der Waals surface area (Å²) in [7, 11) is 0. The van der Waals surface area contributed by atoms with E-state index in [0.717, 1.165) is 5.70 Å². The van der Waals surface area contributed by atoms with E-state index in [4.69, 9.17) is 9.47 Å². The number of rotatable bonds is 6. The average Bonchev–Trinajstić information content (AvgIpc) is 2.63. The lowest BCUT2D eigenvalue weighted by Gasteiger charge is -2.39. The molecule has 0 bridgehead atoms. The summed E-state index contributed by atoms with van der Waals surface area (Å²) in [5, 5.41) is 3.26. The highest BCUT2D eigenvalue weighted by molar-refractivity contribution is 6.04. The van der Waals surface area contributed by atoms with Gasteiger partial charge in [-0.2, -0.15) is 0 Å². The Labute approximate surface area is 171 Å². The Morgan fingerprint density at radius 2 is 2.03 bits per heavy atom. The number of ether oxygens (including phenoxy) is 2. The molecule has 1 heterocycles. The second kappa shape index (κ2) is 8.49. The van der Waals surface area contributed by atoms with E-state index >= 15 is 0 Å². The van der Waals surface area contributed by atoms with Crippen LogP contribution < -0.4 is 5.32 Å². The largest absolute Gasteiger partial charge is 0.460 e. The molecular weight excluding hydrogens is 373 g/mol. The number of carbonyl (C=O) groups is 2.